The van der Waals surface area contributed by atoms with Crippen molar-refractivity contribution in [3.05, 3.63) is 0 Å². The van der Waals surface area contributed by atoms with E-state index in [2.05, 4.69) is 5.48 Å². The fourth-order valence-electron chi connectivity index (χ4n) is 1.89. The molecule has 1 fully saturated rings. The second kappa shape index (κ2) is 6.44. The smallest absolute Gasteiger partial charge is 0.307 e. The van der Waals surface area contributed by atoms with Gasteiger partial charge in [-0.05, 0) is 12.8 Å². The van der Waals surface area contributed by atoms with Crippen molar-refractivity contribution in [2.24, 2.45) is 11.8 Å². The van der Waals surface area contributed by atoms with Crippen LogP contribution in [0.3, 0.4) is 0 Å². The second-order valence-electron chi connectivity index (χ2n) is 3.79. The van der Waals surface area contributed by atoms with E-state index in [1.807, 2.05) is 0 Å². The Morgan fingerprint density at radius 1 is 1.31 bits per heavy atom. The minimum Gasteiger partial charge on any atom is -0.481 e. The molecular weight excluding hydrogens is 214 g/mol. The van der Waals surface area contributed by atoms with Crippen molar-refractivity contribution in [3.8, 4) is 0 Å². The van der Waals surface area contributed by atoms with Crippen LogP contribution in [0.15, 0.2) is 0 Å². The van der Waals surface area contributed by atoms with Crippen LogP contribution in [-0.4, -0.2) is 37.3 Å². The lowest BCUT2D eigenvalue weighted by Crippen LogP contribution is -2.35. The first kappa shape index (κ1) is 12.9. The summed E-state index contributed by atoms with van der Waals surface area (Å²) in [5.41, 5.74) is 2.26. The number of methoxy groups -OCH3 is 1. The van der Waals surface area contributed by atoms with Crippen molar-refractivity contribution in [1.82, 2.24) is 5.48 Å². The molecule has 0 saturated heterocycles. The van der Waals surface area contributed by atoms with Crippen molar-refractivity contribution in [1.29, 1.82) is 0 Å². The van der Waals surface area contributed by atoms with E-state index in [1.54, 1.807) is 0 Å². The van der Waals surface area contributed by atoms with Crippen molar-refractivity contribution in [2.75, 3.05) is 20.3 Å². The van der Waals surface area contributed by atoms with E-state index in [4.69, 9.17) is 14.7 Å². The van der Waals surface area contributed by atoms with E-state index >= 15 is 0 Å². The number of amides is 1. The highest BCUT2D eigenvalue weighted by Gasteiger charge is 2.37. The Bertz CT molecular complexity index is 256. The Morgan fingerprint density at radius 3 is 2.62 bits per heavy atom. The van der Waals surface area contributed by atoms with Gasteiger partial charge in [0.1, 0.15) is 0 Å². The van der Waals surface area contributed by atoms with Crippen LogP contribution < -0.4 is 5.48 Å². The predicted octanol–water partition coefficient (Wildman–Crippen LogP) is 0.181. The molecule has 6 nitrogen and oxygen atoms in total. The normalized spacial score (nSPS) is 24.3. The summed E-state index contributed by atoms with van der Waals surface area (Å²) < 4.78 is 4.74. The molecule has 1 amide bonds. The maximum atomic E-state index is 11.6. The maximum Gasteiger partial charge on any atom is 0.307 e. The summed E-state index contributed by atoms with van der Waals surface area (Å²) in [4.78, 5) is 27.3. The third-order valence-electron chi connectivity index (χ3n) is 2.73. The molecule has 2 N–H and O–H groups in total. The summed E-state index contributed by atoms with van der Waals surface area (Å²) in [5.74, 6) is -2.30. The van der Waals surface area contributed by atoms with Crippen LogP contribution in [0, 0.1) is 11.8 Å². The van der Waals surface area contributed by atoms with Gasteiger partial charge in [0.15, 0.2) is 0 Å². The van der Waals surface area contributed by atoms with Crippen molar-refractivity contribution >= 4 is 11.9 Å². The molecule has 92 valence electrons. The molecule has 16 heavy (non-hydrogen) atoms. The van der Waals surface area contributed by atoms with Crippen molar-refractivity contribution in [2.45, 2.75) is 19.3 Å². The van der Waals surface area contributed by atoms with Crippen LogP contribution in [0.5, 0.6) is 0 Å². The zero-order chi connectivity index (χ0) is 12.0. The first-order valence-corrected chi connectivity index (χ1v) is 5.30. The fourth-order valence-corrected chi connectivity index (χ4v) is 1.89. The van der Waals surface area contributed by atoms with E-state index in [0.717, 1.165) is 6.42 Å². The molecule has 2 unspecified atom stereocenters. The number of hydroxylamine groups is 1. The van der Waals surface area contributed by atoms with Crippen LogP contribution >= 0.6 is 0 Å². The van der Waals surface area contributed by atoms with Crippen molar-refractivity contribution < 1.29 is 24.3 Å². The first-order valence-electron chi connectivity index (χ1n) is 5.30. The Labute approximate surface area is 93.9 Å². The summed E-state index contributed by atoms with van der Waals surface area (Å²) in [6.07, 6.45) is 1.94. The minimum atomic E-state index is -0.908. The molecular formula is C10H17NO5. The van der Waals surface area contributed by atoms with Gasteiger partial charge in [0.25, 0.3) is 0 Å². The standard InChI is InChI=1S/C10H17NO5/c1-15-5-6-16-11-9(12)7-3-2-4-8(7)10(13)14/h7-8H,2-6H2,1H3,(H,11,12)(H,13,14). The van der Waals surface area contributed by atoms with Gasteiger partial charge in [-0.25, -0.2) is 5.48 Å². The lowest BCUT2D eigenvalue weighted by molar-refractivity contribution is -0.150. The Balaban J connectivity index is 2.32. The molecule has 1 aliphatic rings. The Morgan fingerprint density at radius 2 is 2.00 bits per heavy atom. The summed E-state index contributed by atoms with van der Waals surface area (Å²) in [7, 11) is 1.53. The number of carboxylic acid groups (broad SMARTS) is 1. The summed E-state index contributed by atoms with van der Waals surface area (Å²) in [5, 5.41) is 8.90. The number of rotatable bonds is 6. The molecule has 1 aliphatic carbocycles. The van der Waals surface area contributed by atoms with Gasteiger partial charge in [0.05, 0.1) is 25.0 Å². The van der Waals surface area contributed by atoms with E-state index in [0.29, 0.717) is 19.4 Å². The van der Waals surface area contributed by atoms with Gasteiger partial charge < -0.3 is 9.84 Å². The van der Waals surface area contributed by atoms with Crippen molar-refractivity contribution in [3.63, 3.8) is 0 Å². The van der Waals surface area contributed by atoms with Gasteiger partial charge in [-0.2, -0.15) is 0 Å². The molecule has 1 rings (SSSR count). The number of nitrogens with one attached hydrogen (secondary N) is 1. The number of carbonyl (C=O) groups excluding carboxylic acids is 1. The largest absolute Gasteiger partial charge is 0.481 e. The topological polar surface area (TPSA) is 84.9 Å². The van der Waals surface area contributed by atoms with Gasteiger partial charge in [-0.15, -0.1) is 0 Å². The van der Waals surface area contributed by atoms with E-state index in [-0.39, 0.29) is 12.5 Å². The number of hydrogen-bond donors (Lipinski definition) is 2. The SMILES string of the molecule is COCCONC(=O)C1CCCC1C(=O)O. The van der Waals surface area contributed by atoms with Crippen LogP contribution in [0.25, 0.3) is 0 Å². The number of ether oxygens (including phenoxy) is 1. The number of hydrogen-bond acceptors (Lipinski definition) is 4. The average Bonchev–Trinajstić information content (AvgIpc) is 2.73. The minimum absolute atomic E-state index is 0.257. The number of carbonyl (C=O) groups is 2. The highest BCUT2D eigenvalue weighted by atomic mass is 16.7. The summed E-state index contributed by atoms with van der Waals surface area (Å²) in [6.45, 7) is 0.639. The number of carboxylic acids is 1. The zero-order valence-electron chi connectivity index (χ0n) is 9.27. The highest BCUT2D eigenvalue weighted by molar-refractivity contribution is 5.84. The number of aliphatic carboxylic acids is 1. The highest BCUT2D eigenvalue weighted by Crippen LogP contribution is 2.31. The van der Waals surface area contributed by atoms with Gasteiger partial charge >= 0.3 is 5.97 Å². The monoisotopic (exact) mass is 231 g/mol. The quantitative estimate of drug-likeness (QED) is 0.503. The molecule has 2 atom stereocenters. The third kappa shape index (κ3) is 3.46. The summed E-state index contributed by atoms with van der Waals surface area (Å²) in [6, 6.07) is 0. The zero-order valence-corrected chi connectivity index (χ0v) is 9.27. The molecule has 0 heterocycles. The van der Waals surface area contributed by atoms with Gasteiger partial charge in [-0.1, -0.05) is 6.42 Å². The van der Waals surface area contributed by atoms with E-state index < -0.39 is 17.8 Å². The van der Waals surface area contributed by atoms with Crippen LogP contribution in [0.4, 0.5) is 0 Å². The van der Waals surface area contributed by atoms with Crippen LogP contribution in [-0.2, 0) is 19.2 Å². The summed E-state index contributed by atoms with van der Waals surface area (Å²) >= 11 is 0. The predicted molar refractivity (Wildman–Crippen MR) is 54.4 cm³/mol. The fraction of sp³-hybridized carbons (Fsp3) is 0.800. The average molecular weight is 231 g/mol. The molecule has 1 saturated carbocycles. The molecule has 0 aromatic rings. The van der Waals surface area contributed by atoms with Crippen LogP contribution in [0.1, 0.15) is 19.3 Å². The van der Waals surface area contributed by atoms with E-state index in [1.165, 1.54) is 7.11 Å². The second-order valence-corrected chi connectivity index (χ2v) is 3.79. The molecule has 0 aromatic carbocycles. The molecule has 0 aliphatic heterocycles. The molecule has 0 bridgehead atoms. The first-order chi connectivity index (χ1) is 7.66. The lowest BCUT2D eigenvalue weighted by Gasteiger charge is -2.14. The Hall–Kier alpha value is -1.14. The Kier molecular flexibility index (Phi) is 5.21. The van der Waals surface area contributed by atoms with Gasteiger partial charge in [0, 0.05) is 7.11 Å². The molecule has 0 spiro atoms. The molecule has 0 radical (unpaired) electrons. The lowest BCUT2D eigenvalue weighted by atomic mass is 9.96. The van der Waals surface area contributed by atoms with E-state index in [9.17, 15) is 9.59 Å². The van der Waals surface area contributed by atoms with Gasteiger partial charge in [-0.3, -0.25) is 14.4 Å². The van der Waals surface area contributed by atoms with Crippen LogP contribution in [0.2, 0.25) is 0 Å². The maximum absolute atomic E-state index is 11.6. The third-order valence-corrected chi connectivity index (χ3v) is 2.73. The van der Waals surface area contributed by atoms with Gasteiger partial charge in [0.2, 0.25) is 5.91 Å². The molecule has 0 aromatic heterocycles. The molecule has 6 heteroatoms.